The molecule has 3 aromatic heterocycles. The number of carbonyl (C=O) groups excluding carboxylic acids is 15. The molecule has 26 N–H and O–H groups in total. The minimum Gasteiger partial charge on any atom is -0.508 e. The van der Waals surface area contributed by atoms with Gasteiger partial charge in [0.25, 0.3) is 0 Å². The number of imidazole rings is 3. The summed E-state index contributed by atoms with van der Waals surface area (Å²) in [5.74, 6) is -14.8. The molecule has 40 heteroatoms. The molecule has 0 aliphatic carbocycles. The van der Waals surface area contributed by atoms with Crippen LogP contribution < -0.4 is 77.4 Å². The van der Waals surface area contributed by atoms with Crippen molar-refractivity contribution in [3.05, 3.63) is 84.5 Å². The van der Waals surface area contributed by atoms with E-state index in [2.05, 4.69) is 89.0 Å². The highest BCUT2D eigenvalue weighted by Crippen LogP contribution is 2.28. The fraction of sp³-hybridized carbons (Fsp3) is 0.676. The normalized spacial score (nSPS) is 14.5. The average Bonchev–Trinajstić information content (AvgIpc) is 1.18. The molecule has 4 aromatic rings. The molecule has 142 heavy (non-hydrogen) atoms. The van der Waals surface area contributed by atoms with Crippen molar-refractivity contribution in [2.75, 3.05) is 26.2 Å². The predicted molar refractivity (Wildman–Crippen MR) is 546 cm³/mol. The van der Waals surface area contributed by atoms with Crippen molar-refractivity contribution >= 4 is 106 Å². The van der Waals surface area contributed by atoms with Gasteiger partial charge in [-0.1, -0.05) is 172 Å². The second-order valence-electron chi connectivity index (χ2n) is 39.1. The molecule has 0 saturated carbocycles. The van der Waals surface area contributed by atoms with Crippen LogP contribution >= 0.6 is 0 Å². The van der Waals surface area contributed by atoms with Crippen LogP contribution in [0.15, 0.2) is 76.8 Å². The molecule has 4 rings (SSSR count). The molecule has 1 aromatic carbocycles. The summed E-state index contributed by atoms with van der Waals surface area (Å²) in [4.78, 5) is 239. The molecular formula is C102H169N23O17. The second-order valence-corrected chi connectivity index (χ2v) is 39.1. The number of aliphatic hydroxyl groups is 1. The number of ketones is 7. The number of benzene rings is 1. The number of aliphatic imine (C=N–C) groups is 3. The first-order valence-electron chi connectivity index (χ1n) is 50.9. The van der Waals surface area contributed by atoms with Gasteiger partial charge in [-0.2, -0.15) is 0 Å². The highest BCUT2D eigenvalue weighted by atomic mass is 16.3. The van der Waals surface area contributed by atoms with Crippen LogP contribution in [-0.2, 0) is 97.6 Å². The molecule has 8 amide bonds. The topological polar surface area (TPSA) is 686 Å². The van der Waals surface area contributed by atoms with Crippen LogP contribution in [0.3, 0.4) is 0 Å². The van der Waals surface area contributed by atoms with Gasteiger partial charge in [-0.15, -0.1) is 0 Å². The summed E-state index contributed by atoms with van der Waals surface area (Å²) in [5, 5.41) is 39.7. The minimum absolute atomic E-state index is 0.0165. The molecule has 0 aliphatic rings. The fourth-order valence-corrected chi connectivity index (χ4v) is 16.7. The third-order valence-electron chi connectivity index (χ3n) is 25.5. The highest BCUT2D eigenvalue weighted by Gasteiger charge is 2.39. The van der Waals surface area contributed by atoms with E-state index >= 15 is 0 Å². The van der Waals surface area contributed by atoms with E-state index in [-0.39, 0.29) is 187 Å². The first kappa shape index (κ1) is 124. The van der Waals surface area contributed by atoms with Crippen molar-refractivity contribution in [3.8, 4) is 5.75 Å². The first-order chi connectivity index (χ1) is 67.4. The van der Waals surface area contributed by atoms with Crippen LogP contribution in [0.2, 0.25) is 0 Å². The van der Waals surface area contributed by atoms with Crippen molar-refractivity contribution in [2.24, 2.45) is 120 Å². The maximum Gasteiger partial charge on any atom is 0.224 e. The summed E-state index contributed by atoms with van der Waals surface area (Å²) in [6.45, 7) is 22.8. The van der Waals surface area contributed by atoms with Gasteiger partial charge < -0.3 is 103 Å². The Morgan fingerprint density at radius 3 is 1.23 bits per heavy atom. The zero-order chi connectivity index (χ0) is 106. The molecule has 0 spiro atoms. The number of nitrogens with two attached hydrogens (primary N) is 7. The molecule has 794 valence electrons. The van der Waals surface area contributed by atoms with E-state index in [1.165, 1.54) is 108 Å². The molecule has 0 aliphatic heterocycles. The number of rotatable bonds is 76. The number of hydrogen-bond acceptors (Lipinski definition) is 23. The zero-order valence-corrected chi connectivity index (χ0v) is 86.3. The monoisotopic (exact) mass is 1990 g/mol. The van der Waals surface area contributed by atoms with E-state index in [0.717, 1.165) is 24.8 Å². The van der Waals surface area contributed by atoms with E-state index in [1.54, 1.807) is 59.1 Å². The van der Waals surface area contributed by atoms with Gasteiger partial charge in [-0.05, 0) is 126 Å². The zero-order valence-electron chi connectivity index (χ0n) is 86.3. The van der Waals surface area contributed by atoms with Crippen LogP contribution in [0.1, 0.15) is 305 Å². The number of nitrogens with zero attached hydrogens (tertiary/aromatic N) is 6. The predicted octanol–water partition coefficient (Wildman–Crippen LogP) is 7.23. The Kier molecular flexibility index (Phi) is 60.2. The van der Waals surface area contributed by atoms with Gasteiger partial charge in [0.1, 0.15) is 11.8 Å². The lowest BCUT2D eigenvalue weighted by atomic mass is 9.85. The molecule has 0 fully saturated rings. The summed E-state index contributed by atoms with van der Waals surface area (Å²) in [6.07, 6.45) is 26.1. The Bertz CT molecular complexity index is 4570. The number of aliphatic hydroxyl groups excluding tert-OH is 1. The number of H-pyrrole nitrogens is 3. The molecule has 40 nitrogen and oxygen atoms in total. The van der Waals surface area contributed by atoms with Crippen LogP contribution in [0, 0.1) is 65.1 Å². The number of aromatic hydroxyl groups is 1. The van der Waals surface area contributed by atoms with Crippen molar-refractivity contribution < 1.29 is 82.1 Å². The van der Waals surface area contributed by atoms with Crippen molar-refractivity contribution in [3.63, 3.8) is 0 Å². The van der Waals surface area contributed by atoms with Crippen LogP contribution in [0.5, 0.6) is 5.75 Å². The summed E-state index contributed by atoms with van der Waals surface area (Å²) in [7, 11) is 0. The highest BCUT2D eigenvalue weighted by molar-refractivity contribution is 6.00. The molecule has 0 unspecified atom stereocenters. The molecule has 3 heterocycles. The van der Waals surface area contributed by atoms with Gasteiger partial charge in [0.05, 0.1) is 73.7 Å². The van der Waals surface area contributed by atoms with E-state index in [0.29, 0.717) is 42.8 Å². The fourth-order valence-electron chi connectivity index (χ4n) is 16.7. The third-order valence-corrected chi connectivity index (χ3v) is 25.5. The number of nitrogens with one attached hydrogen (secondary N) is 10. The maximum absolute atomic E-state index is 14.8. The lowest BCUT2D eigenvalue weighted by molar-refractivity contribution is -0.136. The van der Waals surface area contributed by atoms with Gasteiger partial charge in [0.2, 0.25) is 47.3 Å². The van der Waals surface area contributed by atoms with Crippen molar-refractivity contribution in [1.82, 2.24) is 67.1 Å². The van der Waals surface area contributed by atoms with Crippen LogP contribution in [0.25, 0.3) is 0 Å². The molecule has 0 bridgehead atoms. The lowest BCUT2D eigenvalue weighted by Crippen LogP contribution is -2.50. The van der Waals surface area contributed by atoms with Crippen molar-refractivity contribution in [1.29, 1.82) is 0 Å². The van der Waals surface area contributed by atoms with Gasteiger partial charge >= 0.3 is 0 Å². The molecule has 15 atom stereocenters. The van der Waals surface area contributed by atoms with E-state index in [9.17, 15) is 82.1 Å². The number of hydrogen-bond donors (Lipinski definition) is 19. The maximum atomic E-state index is 14.8. The summed E-state index contributed by atoms with van der Waals surface area (Å²) >= 11 is 0. The van der Waals surface area contributed by atoms with Gasteiger partial charge in [0, 0.05) is 149 Å². The first-order valence-corrected chi connectivity index (χ1v) is 50.9. The number of amides is 8. The Morgan fingerprint density at radius 1 is 0.387 bits per heavy atom. The standard InChI is InChI=1S/C60H100N16O11.C42H69N7O6/c1-8-36(7)44(53(61)83)30-52(82)48(32-77)76-56(86)40(23-34(3)4)28-51(81)47(24-35(5)6)75-55(85)39(13-10-20-69-58(62)63)27-49(79)45(14-11-21-70-59(64)65)74-57(87)41(26-42-31-68-33-72-42)29-50(80)46(15-12-22-71-60(66)67)73-54(84)38(9-2)25-37-16-18-43(78)19-17-37;1-7-8-9-10-11-12-13-14-15-16-17-18-19-20-39(53)48-36(24-35-26-44-28-46-35)37(51)21-30(4)41(54)49-40(29(2)3)38(52)23-33(22-34-25-43-27-45-34)42(55)47-31(5)32(6)50/h16-19,31,33-36,38-41,44-48,77-78H,8-15,20-30,32H2,1-7H3,(H2,61,83)(H,68,72)(H,73,84)(H,74,87)(H,75,85)(H,76,86)(H4,62,63,69)(H4,64,65,70)(H4,66,67,71);25-31,33,36,40H,7-24H2,1-6H3,(H,43,45)(H,44,46)(H,47,55)(H,48,53)(H,49,54)/t36-,38-,39+,40+,41+,44-,45-,46-,47-,48-;30-,31-,33-,36+,40+/m01/s1. The minimum atomic E-state index is -1.38. The largest absolute Gasteiger partial charge is 0.508 e. The van der Waals surface area contributed by atoms with E-state index < -0.39 is 168 Å². The molecule has 0 radical (unpaired) electrons. The average molecular weight is 1990 g/mol. The van der Waals surface area contributed by atoms with Crippen molar-refractivity contribution in [2.45, 2.75) is 351 Å². The van der Waals surface area contributed by atoms with Gasteiger partial charge in [-0.25, -0.2) is 15.0 Å². The van der Waals surface area contributed by atoms with Crippen LogP contribution in [0.4, 0.5) is 0 Å². The number of aromatic nitrogens is 6. The summed E-state index contributed by atoms with van der Waals surface area (Å²) in [5.41, 5.74) is 41.9. The number of carbonyl (C=O) groups is 15. The SMILES string of the molecule is CCCCCCCCCCCCCCCC(=O)N[C@@H](Cc1cnc[nH]1)C(=O)C[C@@H](C)C(=O)N[C@H](C(=O)C[C@@H](Cc1cnc[nH]1)C(=O)N[C@H](C)C(C)=O)C(C)C.CC[C@@H](Cc1ccc(O)cc1)C(=O)N[C@@H](CCCN=C(N)N)C(=O)C[C@@H](Cc1cnc[nH]1)C(=O)N[C@@H](CCCN=C(N)N)C(=O)C[C@@H](CCCN=C(N)N)C(=O)N[C@@H](CC(C)C)C(=O)C[C@@H](CC(C)C)C(=O)N[C@@H](CO)C(=O)C[C@H](C(N)=O)[C@@H](C)CC. The number of phenols is 1. The molecule has 0 saturated heterocycles. The number of aromatic amines is 3. The number of Topliss-reactive ketones (excluding diaryl/α,β-unsaturated/α-hetero) is 7. The smallest absolute Gasteiger partial charge is 0.224 e. The van der Waals surface area contributed by atoms with E-state index in [4.69, 9.17) is 40.1 Å². The van der Waals surface area contributed by atoms with E-state index in [1.807, 2.05) is 41.5 Å². The summed E-state index contributed by atoms with van der Waals surface area (Å²) in [6, 6.07) is -0.905. The van der Waals surface area contributed by atoms with Gasteiger partial charge in [-0.3, -0.25) is 86.9 Å². The Balaban J connectivity index is 0.000000808. The Hall–Kier alpha value is -12.1. The number of guanidine groups is 3. The number of phenolic OH excluding ortho intramolecular Hbond substituents is 1. The van der Waals surface area contributed by atoms with Crippen LogP contribution in [-0.4, -0.2) is 214 Å². The van der Waals surface area contributed by atoms with Gasteiger partial charge in [0.15, 0.2) is 58.4 Å². The Morgan fingerprint density at radius 2 is 0.789 bits per heavy atom. The number of primary amides is 1. The lowest BCUT2D eigenvalue weighted by Gasteiger charge is -2.27. The second kappa shape index (κ2) is 68.9. The summed E-state index contributed by atoms with van der Waals surface area (Å²) < 4.78 is 0. The molecular weight excluding hydrogens is 1820 g/mol. The third kappa shape index (κ3) is 51.0. The number of unbranched alkanes of at least 4 members (excludes halogenated alkanes) is 12. The Labute approximate surface area is 838 Å². The quantitative estimate of drug-likeness (QED) is 0.0118.